The number of carbonyl (C=O) groups is 1. The molecule has 0 radical (unpaired) electrons. The van der Waals surface area contributed by atoms with Crippen LogP contribution in [0, 0.1) is 18.6 Å². The molecule has 0 unspecified atom stereocenters. The average Bonchev–Trinajstić information content (AvgIpc) is 3.10. The Morgan fingerprint density at radius 2 is 1.88 bits per heavy atom. The number of carbonyl (C=O) groups excluding carboxylic acids is 1. The maximum atomic E-state index is 15.2. The normalized spacial score (nSPS) is 14.4. The molecule has 178 valence electrons. The Morgan fingerprint density at radius 1 is 1.15 bits per heavy atom. The third kappa shape index (κ3) is 4.36. The second-order valence-electron chi connectivity index (χ2n) is 9.08. The Kier molecular flexibility index (Phi) is 6.10. The van der Waals surface area contributed by atoms with E-state index in [4.69, 9.17) is 0 Å². The van der Waals surface area contributed by atoms with Crippen molar-refractivity contribution in [1.29, 1.82) is 0 Å². The summed E-state index contributed by atoms with van der Waals surface area (Å²) in [6, 6.07) is 6.29. The number of amides is 1. The van der Waals surface area contributed by atoms with E-state index in [0.29, 0.717) is 35.7 Å². The highest BCUT2D eigenvalue weighted by atomic mass is 19.1. The molecular weight excluding hydrogens is 441 g/mol. The molecule has 1 amide bonds. The van der Waals surface area contributed by atoms with Gasteiger partial charge < -0.3 is 10.2 Å². The first-order valence-corrected chi connectivity index (χ1v) is 11.2. The Balaban J connectivity index is 1.66. The quantitative estimate of drug-likeness (QED) is 0.476. The van der Waals surface area contributed by atoms with Crippen LogP contribution in [-0.2, 0) is 12.2 Å². The molecule has 0 bridgehead atoms. The van der Waals surface area contributed by atoms with Crippen LogP contribution in [0.2, 0.25) is 0 Å². The van der Waals surface area contributed by atoms with Crippen LogP contribution in [0.5, 0.6) is 0 Å². The Hall–Kier alpha value is -3.42. The third-order valence-corrected chi connectivity index (χ3v) is 6.13. The van der Waals surface area contributed by atoms with Crippen LogP contribution in [0.4, 0.5) is 19.0 Å². The lowest BCUT2D eigenvalue weighted by Crippen LogP contribution is -2.22. The summed E-state index contributed by atoms with van der Waals surface area (Å²) in [7, 11) is 0. The standard InChI is InChI=1S/C26H27F3N4O/c1-6-33-13-20-17(25(33)34)7-8-30-24(20)32-15(3)18-11-22(28)19(12-21(18)27)23-10-16(26(4,5)29)9-14(2)31-23/h7-12,15H,6,13H2,1-5H3,(H,30,32)/t15-/m0/s1. The molecule has 0 aliphatic carbocycles. The molecule has 34 heavy (non-hydrogen) atoms. The molecule has 1 aliphatic heterocycles. The zero-order valence-corrected chi connectivity index (χ0v) is 19.8. The molecule has 0 spiro atoms. The number of nitrogens with zero attached hydrogens (tertiary/aromatic N) is 3. The summed E-state index contributed by atoms with van der Waals surface area (Å²) in [5, 5.41) is 3.13. The topological polar surface area (TPSA) is 58.1 Å². The van der Waals surface area contributed by atoms with Gasteiger partial charge in [-0.25, -0.2) is 18.2 Å². The molecule has 0 saturated carbocycles. The molecule has 8 heteroatoms. The van der Waals surface area contributed by atoms with Gasteiger partial charge in [-0.1, -0.05) is 0 Å². The number of fused-ring (bicyclic) bond motifs is 1. The van der Waals surface area contributed by atoms with Gasteiger partial charge in [0.05, 0.1) is 18.3 Å². The highest BCUT2D eigenvalue weighted by Crippen LogP contribution is 2.34. The lowest BCUT2D eigenvalue weighted by molar-refractivity contribution is 0.0787. The van der Waals surface area contributed by atoms with Gasteiger partial charge in [-0.05, 0) is 70.5 Å². The first-order chi connectivity index (χ1) is 16.0. The first-order valence-electron chi connectivity index (χ1n) is 11.2. The van der Waals surface area contributed by atoms with Gasteiger partial charge in [0.1, 0.15) is 23.1 Å². The number of halogens is 3. The van der Waals surface area contributed by atoms with E-state index in [2.05, 4.69) is 15.3 Å². The van der Waals surface area contributed by atoms with Crippen LogP contribution < -0.4 is 5.32 Å². The maximum Gasteiger partial charge on any atom is 0.254 e. The van der Waals surface area contributed by atoms with Crippen molar-refractivity contribution in [3.05, 3.63) is 76.1 Å². The second kappa shape index (κ2) is 8.74. The molecular formula is C26H27F3N4O. The van der Waals surface area contributed by atoms with Gasteiger partial charge >= 0.3 is 0 Å². The van der Waals surface area contributed by atoms with Crippen molar-refractivity contribution in [3.8, 4) is 11.3 Å². The number of anilines is 1. The van der Waals surface area contributed by atoms with Crippen LogP contribution >= 0.6 is 0 Å². The number of pyridine rings is 2. The number of hydrogen-bond acceptors (Lipinski definition) is 4. The van der Waals surface area contributed by atoms with Crippen LogP contribution in [0.15, 0.2) is 36.5 Å². The van der Waals surface area contributed by atoms with Crippen molar-refractivity contribution < 1.29 is 18.0 Å². The fourth-order valence-corrected chi connectivity index (χ4v) is 4.19. The van der Waals surface area contributed by atoms with Gasteiger partial charge in [0.15, 0.2) is 0 Å². The van der Waals surface area contributed by atoms with E-state index in [-0.39, 0.29) is 22.7 Å². The molecule has 3 heterocycles. The van der Waals surface area contributed by atoms with Crippen molar-refractivity contribution in [2.45, 2.75) is 52.9 Å². The van der Waals surface area contributed by atoms with Crippen molar-refractivity contribution in [2.75, 3.05) is 11.9 Å². The Morgan fingerprint density at radius 3 is 2.56 bits per heavy atom. The molecule has 0 fully saturated rings. The number of benzene rings is 1. The van der Waals surface area contributed by atoms with Crippen LogP contribution in [-0.4, -0.2) is 27.3 Å². The minimum Gasteiger partial charge on any atom is -0.363 e. The molecule has 1 N–H and O–H groups in total. The van der Waals surface area contributed by atoms with Gasteiger partial charge in [-0.3, -0.25) is 9.78 Å². The summed E-state index contributed by atoms with van der Waals surface area (Å²) in [6.07, 6.45) is 1.53. The van der Waals surface area contributed by atoms with Crippen molar-refractivity contribution in [1.82, 2.24) is 14.9 Å². The van der Waals surface area contributed by atoms with Gasteiger partial charge in [0.2, 0.25) is 0 Å². The monoisotopic (exact) mass is 468 g/mol. The van der Waals surface area contributed by atoms with Crippen LogP contribution in [0.3, 0.4) is 0 Å². The highest BCUT2D eigenvalue weighted by Gasteiger charge is 2.30. The SMILES string of the molecule is CCN1Cc2c(ccnc2N[C@@H](C)c2cc(F)c(-c3cc(C(C)(C)F)cc(C)n3)cc2F)C1=O. The van der Waals surface area contributed by atoms with E-state index < -0.39 is 23.3 Å². The molecule has 2 aromatic heterocycles. The van der Waals surface area contributed by atoms with Gasteiger partial charge in [-0.15, -0.1) is 0 Å². The number of rotatable bonds is 6. The Bertz CT molecular complexity index is 1270. The van der Waals surface area contributed by atoms with E-state index in [1.807, 2.05) is 6.92 Å². The average molecular weight is 469 g/mol. The minimum atomic E-state index is -1.65. The number of nitrogens with one attached hydrogen (secondary N) is 1. The summed E-state index contributed by atoms with van der Waals surface area (Å²) in [5.41, 5.74) is 0.750. The summed E-state index contributed by atoms with van der Waals surface area (Å²) >= 11 is 0. The van der Waals surface area contributed by atoms with Gasteiger partial charge in [0.25, 0.3) is 5.91 Å². The van der Waals surface area contributed by atoms with Crippen LogP contribution in [0.1, 0.15) is 66.5 Å². The van der Waals surface area contributed by atoms with Gasteiger partial charge in [0, 0.05) is 40.7 Å². The van der Waals surface area contributed by atoms with E-state index in [9.17, 15) is 9.18 Å². The Labute approximate surface area is 197 Å². The number of aryl methyl sites for hydroxylation is 1. The molecule has 4 rings (SSSR count). The maximum absolute atomic E-state index is 15.2. The van der Waals surface area contributed by atoms with E-state index >= 15 is 8.78 Å². The molecule has 1 aromatic carbocycles. The molecule has 0 saturated heterocycles. The van der Waals surface area contributed by atoms with Crippen molar-refractivity contribution in [2.24, 2.45) is 0 Å². The van der Waals surface area contributed by atoms with Crippen molar-refractivity contribution in [3.63, 3.8) is 0 Å². The minimum absolute atomic E-state index is 0.0365. The predicted octanol–water partition coefficient (Wildman–Crippen LogP) is 6.08. The number of aromatic nitrogens is 2. The summed E-state index contributed by atoms with van der Waals surface area (Å²) < 4.78 is 44.8. The highest BCUT2D eigenvalue weighted by molar-refractivity contribution is 5.99. The largest absolute Gasteiger partial charge is 0.363 e. The van der Waals surface area contributed by atoms with Crippen LogP contribution in [0.25, 0.3) is 11.3 Å². The number of alkyl halides is 1. The predicted molar refractivity (Wildman–Crippen MR) is 125 cm³/mol. The summed E-state index contributed by atoms with van der Waals surface area (Å²) in [6.45, 7) is 9.06. The first kappa shape index (κ1) is 23.7. The third-order valence-electron chi connectivity index (χ3n) is 6.13. The zero-order chi connectivity index (χ0) is 24.8. The molecule has 1 atom stereocenters. The number of hydrogen-bond donors (Lipinski definition) is 1. The van der Waals surface area contributed by atoms with E-state index in [1.165, 1.54) is 26.1 Å². The smallest absolute Gasteiger partial charge is 0.254 e. The zero-order valence-electron chi connectivity index (χ0n) is 19.8. The lowest BCUT2D eigenvalue weighted by atomic mass is 9.96. The van der Waals surface area contributed by atoms with E-state index in [0.717, 1.165) is 17.7 Å². The fraction of sp³-hybridized carbons (Fsp3) is 0.346. The molecule has 1 aliphatic rings. The fourth-order valence-electron chi connectivity index (χ4n) is 4.19. The lowest BCUT2D eigenvalue weighted by Gasteiger charge is -2.19. The second-order valence-corrected chi connectivity index (χ2v) is 9.08. The van der Waals surface area contributed by atoms with E-state index in [1.54, 1.807) is 30.9 Å². The summed E-state index contributed by atoms with van der Waals surface area (Å²) in [4.78, 5) is 22.8. The van der Waals surface area contributed by atoms with Crippen molar-refractivity contribution >= 4 is 11.7 Å². The van der Waals surface area contributed by atoms with Gasteiger partial charge in [-0.2, -0.15) is 0 Å². The molecule has 3 aromatic rings. The molecule has 5 nitrogen and oxygen atoms in total. The summed E-state index contributed by atoms with van der Waals surface area (Å²) in [5.74, 6) is -0.893.